The third kappa shape index (κ3) is 3.25. The summed E-state index contributed by atoms with van der Waals surface area (Å²) in [5.41, 5.74) is 0.804. The maximum Gasteiger partial charge on any atom is 0.126 e. The maximum absolute atomic E-state index is 13.1. The second-order valence-corrected chi connectivity index (χ2v) is 5.58. The highest BCUT2D eigenvalue weighted by Gasteiger charge is 2.26. The molecular weight excluding hydrogens is 243 g/mol. The SMILES string of the molecule is CC1CN(C)CCCN1C(C)c1ccc(F)cc1O. The van der Waals surface area contributed by atoms with Crippen LogP contribution in [0.15, 0.2) is 18.2 Å². The number of phenols is 1. The Morgan fingerprint density at radius 2 is 2.11 bits per heavy atom. The van der Waals surface area contributed by atoms with Crippen LogP contribution in [-0.4, -0.2) is 47.6 Å². The fraction of sp³-hybridized carbons (Fsp3) is 0.600. The Kier molecular flexibility index (Phi) is 4.42. The third-order valence-electron chi connectivity index (χ3n) is 4.04. The molecule has 2 unspecified atom stereocenters. The molecular formula is C15H23FN2O. The highest BCUT2D eigenvalue weighted by Crippen LogP contribution is 2.31. The maximum atomic E-state index is 13.1. The van der Waals surface area contributed by atoms with Gasteiger partial charge in [-0.15, -0.1) is 0 Å². The van der Waals surface area contributed by atoms with Crippen molar-refractivity contribution >= 4 is 0 Å². The molecule has 106 valence electrons. The Hall–Kier alpha value is -1.13. The van der Waals surface area contributed by atoms with E-state index in [0.29, 0.717) is 6.04 Å². The minimum absolute atomic E-state index is 0.0531. The van der Waals surface area contributed by atoms with E-state index in [-0.39, 0.29) is 11.8 Å². The van der Waals surface area contributed by atoms with E-state index in [1.165, 1.54) is 12.1 Å². The lowest BCUT2D eigenvalue weighted by molar-refractivity contribution is 0.151. The van der Waals surface area contributed by atoms with Crippen molar-refractivity contribution in [1.82, 2.24) is 9.80 Å². The number of benzene rings is 1. The first-order valence-corrected chi connectivity index (χ1v) is 6.91. The molecule has 2 rings (SSSR count). The van der Waals surface area contributed by atoms with E-state index in [9.17, 15) is 9.50 Å². The van der Waals surface area contributed by atoms with Crippen molar-refractivity contribution in [3.8, 4) is 5.75 Å². The van der Waals surface area contributed by atoms with Crippen molar-refractivity contribution < 1.29 is 9.50 Å². The molecule has 3 nitrogen and oxygen atoms in total. The van der Waals surface area contributed by atoms with Crippen molar-refractivity contribution in [2.45, 2.75) is 32.4 Å². The van der Waals surface area contributed by atoms with Gasteiger partial charge in [-0.25, -0.2) is 4.39 Å². The van der Waals surface area contributed by atoms with Crippen LogP contribution in [0.5, 0.6) is 5.75 Å². The normalized spacial score (nSPS) is 24.1. The summed E-state index contributed by atoms with van der Waals surface area (Å²) in [6, 6.07) is 4.83. The van der Waals surface area contributed by atoms with Gasteiger partial charge in [0.15, 0.2) is 0 Å². The largest absolute Gasteiger partial charge is 0.508 e. The summed E-state index contributed by atoms with van der Waals surface area (Å²) in [7, 11) is 2.14. The zero-order valence-corrected chi connectivity index (χ0v) is 11.9. The molecule has 0 radical (unpaired) electrons. The van der Waals surface area contributed by atoms with Crippen molar-refractivity contribution in [3.63, 3.8) is 0 Å². The van der Waals surface area contributed by atoms with E-state index in [0.717, 1.165) is 31.6 Å². The molecule has 0 aromatic heterocycles. The van der Waals surface area contributed by atoms with Crippen LogP contribution >= 0.6 is 0 Å². The first-order chi connectivity index (χ1) is 8.99. The van der Waals surface area contributed by atoms with Crippen LogP contribution in [0.1, 0.15) is 31.9 Å². The van der Waals surface area contributed by atoms with Gasteiger partial charge in [0.2, 0.25) is 0 Å². The molecule has 0 amide bonds. The molecule has 1 heterocycles. The van der Waals surface area contributed by atoms with Gasteiger partial charge in [-0.3, -0.25) is 4.90 Å². The van der Waals surface area contributed by atoms with Crippen LogP contribution < -0.4 is 0 Å². The molecule has 1 aromatic carbocycles. The Balaban J connectivity index is 2.19. The van der Waals surface area contributed by atoms with Crippen molar-refractivity contribution in [2.24, 2.45) is 0 Å². The standard InChI is InChI=1S/C15H23FN2O/c1-11-10-17(3)7-4-8-18(11)12(2)14-6-5-13(16)9-15(14)19/h5-6,9,11-12,19H,4,7-8,10H2,1-3H3. The van der Waals surface area contributed by atoms with Gasteiger partial charge in [0.05, 0.1) is 0 Å². The van der Waals surface area contributed by atoms with Crippen LogP contribution in [0.4, 0.5) is 4.39 Å². The van der Waals surface area contributed by atoms with Crippen LogP contribution in [0.25, 0.3) is 0 Å². The number of likely N-dealkylation sites (N-methyl/N-ethyl adjacent to an activating group) is 1. The van der Waals surface area contributed by atoms with E-state index in [1.807, 2.05) is 0 Å². The first-order valence-electron chi connectivity index (χ1n) is 6.91. The minimum Gasteiger partial charge on any atom is -0.508 e. The molecule has 1 fully saturated rings. The molecule has 1 aliphatic heterocycles. The van der Waals surface area contributed by atoms with Crippen molar-refractivity contribution in [2.75, 3.05) is 26.7 Å². The Bertz CT molecular complexity index is 438. The monoisotopic (exact) mass is 266 g/mol. The molecule has 0 aliphatic carbocycles. The Morgan fingerprint density at radius 1 is 1.37 bits per heavy atom. The fourth-order valence-electron chi connectivity index (χ4n) is 3.01. The van der Waals surface area contributed by atoms with Gasteiger partial charge < -0.3 is 10.0 Å². The lowest BCUT2D eigenvalue weighted by atomic mass is 10.0. The zero-order valence-electron chi connectivity index (χ0n) is 11.9. The summed E-state index contributed by atoms with van der Waals surface area (Å²) >= 11 is 0. The molecule has 1 aromatic rings. The lowest BCUT2D eigenvalue weighted by Gasteiger charge is -2.34. The van der Waals surface area contributed by atoms with Crippen LogP contribution in [0.3, 0.4) is 0 Å². The Morgan fingerprint density at radius 3 is 2.79 bits per heavy atom. The predicted molar refractivity (Wildman–Crippen MR) is 74.8 cm³/mol. The molecule has 2 atom stereocenters. The number of phenolic OH excluding ortho intramolecular Hbond substituents is 1. The highest BCUT2D eigenvalue weighted by atomic mass is 19.1. The summed E-state index contributed by atoms with van der Waals surface area (Å²) in [4.78, 5) is 4.72. The molecule has 1 N–H and O–H groups in total. The fourth-order valence-corrected chi connectivity index (χ4v) is 3.01. The van der Waals surface area contributed by atoms with Gasteiger partial charge in [-0.1, -0.05) is 6.07 Å². The highest BCUT2D eigenvalue weighted by molar-refractivity contribution is 5.35. The van der Waals surface area contributed by atoms with Crippen LogP contribution in [0, 0.1) is 5.82 Å². The van der Waals surface area contributed by atoms with Gasteiger partial charge in [-0.2, -0.15) is 0 Å². The summed E-state index contributed by atoms with van der Waals surface area (Å²) in [5.74, 6) is -0.339. The molecule has 0 bridgehead atoms. The van der Waals surface area contributed by atoms with E-state index in [2.05, 4.69) is 30.7 Å². The van der Waals surface area contributed by atoms with Crippen LogP contribution in [0.2, 0.25) is 0 Å². The van der Waals surface area contributed by atoms with Gasteiger partial charge >= 0.3 is 0 Å². The molecule has 19 heavy (non-hydrogen) atoms. The third-order valence-corrected chi connectivity index (χ3v) is 4.04. The van der Waals surface area contributed by atoms with E-state index >= 15 is 0 Å². The molecule has 4 heteroatoms. The second kappa shape index (κ2) is 5.88. The van der Waals surface area contributed by atoms with Gasteiger partial charge in [-0.05, 0) is 39.9 Å². The minimum atomic E-state index is -0.392. The van der Waals surface area contributed by atoms with Gasteiger partial charge in [0.1, 0.15) is 11.6 Å². The smallest absolute Gasteiger partial charge is 0.126 e. The molecule has 1 saturated heterocycles. The lowest BCUT2D eigenvalue weighted by Crippen LogP contribution is -2.39. The number of aromatic hydroxyl groups is 1. The second-order valence-electron chi connectivity index (χ2n) is 5.58. The van der Waals surface area contributed by atoms with Gasteiger partial charge in [0.25, 0.3) is 0 Å². The number of halogens is 1. The number of hydrogen-bond donors (Lipinski definition) is 1. The quantitative estimate of drug-likeness (QED) is 0.891. The van der Waals surface area contributed by atoms with E-state index in [1.54, 1.807) is 6.07 Å². The molecule has 1 aliphatic rings. The van der Waals surface area contributed by atoms with E-state index in [4.69, 9.17) is 0 Å². The average molecular weight is 266 g/mol. The molecule has 0 saturated carbocycles. The molecule has 0 spiro atoms. The number of nitrogens with zero attached hydrogens (tertiary/aromatic N) is 2. The van der Waals surface area contributed by atoms with Crippen molar-refractivity contribution in [3.05, 3.63) is 29.6 Å². The van der Waals surface area contributed by atoms with Crippen molar-refractivity contribution in [1.29, 1.82) is 0 Å². The summed E-state index contributed by atoms with van der Waals surface area (Å²) in [5, 5.41) is 9.92. The number of hydrogen-bond acceptors (Lipinski definition) is 3. The predicted octanol–water partition coefficient (Wildman–Crippen LogP) is 2.62. The zero-order chi connectivity index (χ0) is 14.0. The van der Waals surface area contributed by atoms with E-state index < -0.39 is 5.82 Å². The first kappa shape index (κ1) is 14.3. The summed E-state index contributed by atoms with van der Waals surface area (Å²) < 4.78 is 13.1. The average Bonchev–Trinajstić information content (AvgIpc) is 2.49. The van der Waals surface area contributed by atoms with Gasteiger partial charge in [0, 0.05) is 36.8 Å². The summed E-state index contributed by atoms with van der Waals surface area (Å²) in [6.45, 7) is 7.41. The summed E-state index contributed by atoms with van der Waals surface area (Å²) in [6.07, 6.45) is 1.12. The topological polar surface area (TPSA) is 26.7 Å². The van der Waals surface area contributed by atoms with Crippen LogP contribution in [-0.2, 0) is 0 Å². The number of rotatable bonds is 2. The Labute approximate surface area is 114 Å².